The maximum absolute atomic E-state index is 8.70. The van der Waals surface area contributed by atoms with E-state index in [1.807, 2.05) is 50.2 Å². The Morgan fingerprint density at radius 1 is 0.783 bits per heavy atom. The van der Waals surface area contributed by atoms with Crippen molar-refractivity contribution < 1.29 is 32.7 Å². The van der Waals surface area contributed by atoms with Gasteiger partial charge in [-0.1, -0.05) is 57.8 Å². The minimum Gasteiger partial charge on any atom is -0.462 e. The van der Waals surface area contributed by atoms with Gasteiger partial charge < -0.3 is 30.4 Å². The number of rotatable bonds is 2. The highest BCUT2D eigenvalue weighted by atomic mass is 79.9. The molecule has 2 aromatic carbocycles. The van der Waals surface area contributed by atoms with E-state index < -0.39 is 61.3 Å². The average Bonchev–Trinajstić information content (AvgIpc) is 3.66. The second kappa shape index (κ2) is 11.8. The molecule has 8 atom stereocenters. The van der Waals surface area contributed by atoms with Crippen molar-refractivity contribution >= 4 is 43.9 Å². The summed E-state index contributed by atoms with van der Waals surface area (Å²) in [5.74, 6) is -0.145. The topological polar surface area (TPSA) is 114 Å². The molecular formula is C36H46Br2N4O4. The fourth-order valence-electron chi connectivity index (χ4n) is 9.43. The van der Waals surface area contributed by atoms with Crippen molar-refractivity contribution in [3.8, 4) is 0 Å². The van der Waals surface area contributed by atoms with Crippen LogP contribution in [0.2, 0.25) is 0 Å². The lowest BCUT2D eigenvalue weighted by atomic mass is 9.59. The zero-order chi connectivity index (χ0) is 41.1. The number of hydrogen-bond acceptors (Lipinski definition) is 8. The molecule has 2 aliphatic heterocycles. The van der Waals surface area contributed by atoms with Gasteiger partial charge in [-0.3, -0.25) is 0 Å². The van der Waals surface area contributed by atoms with Crippen molar-refractivity contribution in [3.63, 3.8) is 0 Å². The number of fused-ring (bicyclic) bond motifs is 6. The number of ether oxygens (including phenoxy) is 4. The van der Waals surface area contributed by atoms with Crippen molar-refractivity contribution in [3.05, 3.63) is 67.6 Å². The Balaban J connectivity index is 0.000000172. The Morgan fingerprint density at radius 3 is 1.57 bits per heavy atom. The molecule has 0 radical (unpaired) electrons. The summed E-state index contributed by atoms with van der Waals surface area (Å²) in [4.78, 5) is 9.18. The molecule has 0 aromatic heterocycles. The predicted molar refractivity (Wildman–Crippen MR) is 187 cm³/mol. The molecule has 2 heterocycles. The highest BCUT2D eigenvalue weighted by Gasteiger charge is 2.63. The molecule has 0 amide bonds. The van der Waals surface area contributed by atoms with Crippen molar-refractivity contribution in [2.24, 2.45) is 44.1 Å². The first-order valence-electron chi connectivity index (χ1n) is 20.8. The molecule has 2 saturated carbocycles. The number of nitrogens with two attached hydrogens (primary N) is 2. The van der Waals surface area contributed by atoms with E-state index in [2.05, 4.69) is 41.8 Å². The van der Waals surface area contributed by atoms with Gasteiger partial charge in [0.2, 0.25) is 0 Å². The monoisotopic (exact) mass is 766 g/mol. The molecule has 6 aliphatic rings. The molecule has 0 saturated heterocycles. The minimum absolute atomic E-state index is 0.0726. The molecule has 46 heavy (non-hydrogen) atoms. The molecule has 2 fully saturated rings. The van der Waals surface area contributed by atoms with E-state index in [4.69, 9.17) is 44.1 Å². The van der Waals surface area contributed by atoms with Crippen LogP contribution in [0.15, 0.2) is 55.3 Å². The van der Waals surface area contributed by atoms with Crippen LogP contribution in [0.1, 0.15) is 88.3 Å². The molecule has 0 unspecified atom stereocenters. The summed E-state index contributed by atoms with van der Waals surface area (Å²) in [6.45, 7) is -0.272. The van der Waals surface area contributed by atoms with Crippen LogP contribution in [0.4, 0.5) is 0 Å². The Hall–Kier alpha value is -2.14. The molecule has 248 valence electrons. The van der Waals surface area contributed by atoms with Crippen LogP contribution in [0.5, 0.6) is 0 Å². The van der Waals surface area contributed by atoms with E-state index in [-0.39, 0.29) is 23.9 Å². The van der Waals surface area contributed by atoms with E-state index >= 15 is 0 Å². The third-order valence-corrected chi connectivity index (χ3v) is 12.5. The fourth-order valence-corrected chi connectivity index (χ4v) is 10.2. The molecule has 0 bridgehead atoms. The number of methoxy groups -OCH3 is 2. The molecule has 4 aliphatic carbocycles. The van der Waals surface area contributed by atoms with Crippen molar-refractivity contribution in [1.29, 1.82) is 0 Å². The third-order valence-electron chi connectivity index (χ3n) is 11.5. The molecule has 4 spiro atoms. The maximum atomic E-state index is 8.70. The number of hydrogen-bond donors (Lipinski definition) is 2. The lowest BCUT2D eigenvalue weighted by Crippen LogP contribution is -2.48. The summed E-state index contributed by atoms with van der Waals surface area (Å²) in [7, 11) is -4.89. The van der Waals surface area contributed by atoms with Gasteiger partial charge in [-0.2, -0.15) is 0 Å². The van der Waals surface area contributed by atoms with Crippen LogP contribution in [0, 0.1) is 22.7 Å². The van der Waals surface area contributed by atoms with Crippen LogP contribution in [-0.4, -0.2) is 51.4 Å². The summed E-state index contributed by atoms with van der Waals surface area (Å²) in [5.41, 5.74) is 11.7. The number of halogens is 2. The van der Waals surface area contributed by atoms with E-state index in [0.717, 1.165) is 31.2 Å². The van der Waals surface area contributed by atoms with Crippen LogP contribution in [0.3, 0.4) is 0 Å². The van der Waals surface area contributed by atoms with E-state index in [9.17, 15) is 0 Å². The van der Waals surface area contributed by atoms with Gasteiger partial charge in [0.15, 0.2) is 0 Å². The molecule has 4 N–H and O–H groups in total. The van der Waals surface area contributed by atoms with Gasteiger partial charge >= 0.3 is 0 Å². The molecule has 8 nitrogen and oxygen atoms in total. The lowest BCUT2D eigenvalue weighted by Gasteiger charge is -2.47. The normalized spacial score (nSPS) is 44.6. The second-order valence-electron chi connectivity index (χ2n) is 14.0. The Bertz CT molecular complexity index is 1830. The summed E-state index contributed by atoms with van der Waals surface area (Å²) in [6, 6.07) is 11.4. The first-order valence-corrected chi connectivity index (χ1v) is 17.4. The van der Waals surface area contributed by atoms with Gasteiger partial charge in [0.25, 0.3) is 12.0 Å². The van der Waals surface area contributed by atoms with Crippen LogP contribution >= 0.6 is 31.9 Å². The van der Waals surface area contributed by atoms with Gasteiger partial charge in [0.05, 0.1) is 25.9 Å². The molecule has 8 rings (SSSR count). The minimum atomic E-state index is -2.45. The quantitative estimate of drug-likeness (QED) is 0.351. The van der Waals surface area contributed by atoms with Crippen LogP contribution < -0.4 is 11.5 Å². The van der Waals surface area contributed by atoms with Gasteiger partial charge in [-0.25, -0.2) is 9.98 Å². The Kier molecular flexibility index (Phi) is 5.76. The van der Waals surface area contributed by atoms with E-state index in [1.165, 1.54) is 0 Å². The smallest absolute Gasteiger partial charge is 0.283 e. The van der Waals surface area contributed by atoms with Gasteiger partial charge in [-0.15, -0.1) is 0 Å². The van der Waals surface area contributed by atoms with Crippen molar-refractivity contribution in [2.45, 2.75) is 88.5 Å². The summed E-state index contributed by atoms with van der Waals surface area (Å²) >= 11 is 6.98. The van der Waals surface area contributed by atoms with Crippen molar-refractivity contribution in [1.82, 2.24) is 0 Å². The maximum Gasteiger partial charge on any atom is 0.283 e. The summed E-state index contributed by atoms with van der Waals surface area (Å²) < 4.78 is 102. The van der Waals surface area contributed by atoms with Crippen molar-refractivity contribution in [2.75, 3.05) is 27.2 Å². The van der Waals surface area contributed by atoms with Gasteiger partial charge in [0, 0.05) is 33.9 Å². The number of nitrogens with zero attached hydrogens (tertiary/aromatic N) is 2. The Morgan fingerprint density at radius 2 is 1.22 bits per heavy atom. The SMILES string of the molecule is [2H]C([2H])([2H])O[C@@H]1CC[C@]2(Cc3ccc(Br)cc3[C@]23N=C(N)OC3([2H])[2H])C[C@H]1C.[2H]C([2H])([2H])O[C@H]1CC[C@@]2(Cc3ccc(Br)cc3[C@]23N=C(N)OC3([2H])[2H])C[C@@H]1C. The summed E-state index contributed by atoms with van der Waals surface area (Å²) in [5, 5.41) is 0. The van der Waals surface area contributed by atoms with Crippen LogP contribution in [0.25, 0.3) is 0 Å². The standard InChI is InChI=1S/2C18H23BrN2O2/c2*1-11-8-17(6-5-15(11)22-2)9-12-3-4-13(19)7-14(12)18(17)10-23-16(20)21-18/h2*3-4,7,11,15H,5-6,8-10H2,1-2H3,(H2,20,21)/t11-,15-,17-,18+;11-,15-,17-,18-/m10/s1/i2*2D3,10D2. The zero-order valence-electron chi connectivity index (χ0n) is 35.9. The largest absolute Gasteiger partial charge is 0.462 e. The third kappa shape index (κ3) is 4.86. The highest BCUT2D eigenvalue weighted by molar-refractivity contribution is 9.10. The first-order chi connectivity index (χ1) is 25.8. The number of benzene rings is 2. The average molecular weight is 769 g/mol. The molecule has 2 aromatic rings. The molecular weight excluding hydrogens is 712 g/mol. The highest BCUT2D eigenvalue weighted by Crippen LogP contribution is 2.63. The van der Waals surface area contributed by atoms with Gasteiger partial charge in [-0.05, 0) is 110 Å². The molecule has 10 heteroatoms. The Labute approximate surface area is 303 Å². The zero-order valence-corrected chi connectivity index (χ0v) is 29.0. The first kappa shape index (κ1) is 22.5. The van der Waals surface area contributed by atoms with E-state index in [0.29, 0.717) is 51.4 Å². The fraction of sp³-hybridized carbons (Fsp3) is 0.611. The summed E-state index contributed by atoms with van der Waals surface area (Å²) in [6.07, 6.45) is 3.79. The predicted octanol–water partition coefficient (Wildman–Crippen LogP) is 6.73. The lowest BCUT2D eigenvalue weighted by molar-refractivity contribution is -0.0445. The number of amidine groups is 2. The number of aliphatic imine (C=N–C) groups is 2. The van der Waals surface area contributed by atoms with Crippen LogP contribution in [-0.2, 0) is 42.9 Å². The van der Waals surface area contributed by atoms with Gasteiger partial charge in [0.1, 0.15) is 24.2 Å². The second-order valence-corrected chi connectivity index (χ2v) is 15.8. The van der Waals surface area contributed by atoms with E-state index in [1.54, 1.807) is 0 Å².